The van der Waals surface area contributed by atoms with Gasteiger partial charge < -0.3 is 0 Å². The molecule has 0 heterocycles. The molecule has 0 fully saturated rings. The number of hydrogen-bond donors (Lipinski definition) is 0. The van der Waals surface area contributed by atoms with E-state index in [4.69, 9.17) is 0 Å². The fourth-order valence-corrected chi connectivity index (χ4v) is 6.68. The first-order valence-corrected chi connectivity index (χ1v) is 9.68. The normalized spacial score (nSPS) is 12.0. The molecule has 0 nitrogen and oxygen atoms in total. The van der Waals surface area contributed by atoms with E-state index >= 15 is 0 Å². The fourth-order valence-electron chi connectivity index (χ4n) is 1.10. The van der Waals surface area contributed by atoms with Crippen LogP contribution in [0.4, 0.5) is 0 Å². The fraction of sp³-hybridized carbons (Fsp3) is 0.333. The molecule has 0 spiro atoms. The second-order valence-corrected chi connectivity index (χ2v) is 10.7. The summed E-state index contributed by atoms with van der Waals surface area (Å²) < 4.78 is 4.68. The van der Waals surface area contributed by atoms with Crippen molar-refractivity contribution in [3.8, 4) is 0 Å². The number of alkyl halides is 2. The van der Waals surface area contributed by atoms with Gasteiger partial charge in [-0.3, -0.25) is 0 Å². The Morgan fingerprint density at radius 1 is 0.750 bits per heavy atom. The summed E-state index contributed by atoms with van der Waals surface area (Å²) in [6.07, 6.45) is 0.907. The second-order valence-electron chi connectivity index (χ2n) is 3.00. The Kier molecular flexibility index (Phi) is 6.60. The molecule has 0 aliphatic heterocycles. The van der Waals surface area contributed by atoms with Crippen LogP contribution in [0, 0.1) is 0 Å². The summed E-state index contributed by atoms with van der Waals surface area (Å²) in [7, 11) is 0. The summed E-state index contributed by atoms with van der Waals surface area (Å²) in [4.78, 5) is 0. The summed E-state index contributed by atoms with van der Waals surface area (Å²) in [5, 5.41) is 0. The predicted octanol–water partition coefficient (Wildman–Crippen LogP) is 7.85. The van der Waals surface area contributed by atoms with Gasteiger partial charge in [0.05, 0.1) is 0 Å². The molecular formula is C9H5Br7. The van der Waals surface area contributed by atoms with Crippen molar-refractivity contribution in [1.29, 1.82) is 0 Å². The Balaban J connectivity index is 3.65. The van der Waals surface area contributed by atoms with Crippen LogP contribution in [-0.4, -0.2) is 0 Å². The maximum Gasteiger partial charge on any atom is 0.107 e. The number of rotatable bonds is 2. The van der Waals surface area contributed by atoms with Crippen LogP contribution in [0.15, 0.2) is 22.4 Å². The van der Waals surface area contributed by atoms with E-state index in [0.717, 1.165) is 34.3 Å². The van der Waals surface area contributed by atoms with Gasteiger partial charge in [0.25, 0.3) is 0 Å². The van der Waals surface area contributed by atoms with Crippen molar-refractivity contribution in [2.75, 3.05) is 0 Å². The molecule has 0 saturated carbocycles. The van der Waals surface area contributed by atoms with Gasteiger partial charge in [-0.15, -0.1) is 0 Å². The summed E-state index contributed by atoms with van der Waals surface area (Å²) >= 11 is 25.2. The minimum atomic E-state index is -0.261. The first-order valence-electron chi connectivity index (χ1n) is 4.13. The Labute approximate surface area is 154 Å². The van der Waals surface area contributed by atoms with Gasteiger partial charge in [-0.1, -0.05) is 38.8 Å². The predicted molar refractivity (Wildman–Crippen MR) is 94.8 cm³/mol. The topological polar surface area (TPSA) is 0 Å². The van der Waals surface area contributed by atoms with Crippen LogP contribution in [0.1, 0.15) is 18.9 Å². The molecule has 1 rings (SSSR count). The molecule has 90 valence electrons. The zero-order valence-corrected chi connectivity index (χ0v) is 19.0. The molecule has 1 aromatic rings. The average molecular weight is 672 g/mol. The quantitative estimate of drug-likeness (QED) is 0.171. The first kappa shape index (κ1) is 16.6. The lowest BCUT2D eigenvalue weighted by atomic mass is 10.1. The first-order chi connectivity index (χ1) is 7.24. The van der Waals surface area contributed by atoms with Crippen molar-refractivity contribution in [2.24, 2.45) is 0 Å². The maximum absolute atomic E-state index is 3.68. The smallest absolute Gasteiger partial charge is 0.0673 e. The zero-order valence-electron chi connectivity index (χ0n) is 7.85. The minimum absolute atomic E-state index is 0.261. The molecule has 0 bridgehead atoms. The summed E-state index contributed by atoms with van der Waals surface area (Å²) in [5.41, 5.74) is 1.11. The highest BCUT2D eigenvalue weighted by molar-refractivity contribution is 9.25. The number of benzene rings is 1. The molecule has 0 saturated heterocycles. The van der Waals surface area contributed by atoms with Crippen LogP contribution in [-0.2, 0) is 3.23 Å². The lowest BCUT2D eigenvalue weighted by molar-refractivity contribution is 0.852. The molecule has 0 N–H and O–H groups in total. The lowest BCUT2D eigenvalue weighted by Gasteiger charge is -2.24. The highest BCUT2D eigenvalue weighted by atomic mass is 79.9. The molecule has 0 unspecified atom stereocenters. The van der Waals surface area contributed by atoms with Crippen molar-refractivity contribution < 1.29 is 0 Å². The van der Waals surface area contributed by atoms with Crippen molar-refractivity contribution >= 4 is 112 Å². The lowest BCUT2D eigenvalue weighted by Crippen LogP contribution is -2.10. The average Bonchev–Trinajstić information content (AvgIpc) is 2.23. The van der Waals surface area contributed by atoms with Gasteiger partial charge in [0.1, 0.15) is 3.23 Å². The van der Waals surface area contributed by atoms with Crippen LogP contribution < -0.4 is 0 Å². The summed E-state index contributed by atoms with van der Waals surface area (Å²) in [5.74, 6) is 0. The molecular weight excluding hydrogens is 667 g/mol. The van der Waals surface area contributed by atoms with E-state index < -0.39 is 0 Å². The van der Waals surface area contributed by atoms with Crippen LogP contribution in [0.2, 0.25) is 0 Å². The Morgan fingerprint density at radius 3 is 1.38 bits per heavy atom. The highest BCUT2D eigenvalue weighted by Gasteiger charge is 2.31. The summed E-state index contributed by atoms with van der Waals surface area (Å²) in [6, 6.07) is 0. The van der Waals surface area contributed by atoms with Crippen molar-refractivity contribution in [3.05, 3.63) is 27.9 Å². The molecule has 0 atom stereocenters. The van der Waals surface area contributed by atoms with E-state index in [-0.39, 0.29) is 3.23 Å². The minimum Gasteiger partial charge on any atom is -0.0673 e. The van der Waals surface area contributed by atoms with Crippen molar-refractivity contribution in [1.82, 2.24) is 0 Å². The van der Waals surface area contributed by atoms with E-state index in [9.17, 15) is 0 Å². The molecule has 0 aromatic heterocycles. The molecule has 1 aromatic carbocycles. The van der Waals surface area contributed by atoms with Crippen LogP contribution in [0.3, 0.4) is 0 Å². The van der Waals surface area contributed by atoms with E-state index in [1.54, 1.807) is 0 Å². The van der Waals surface area contributed by atoms with Gasteiger partial charge in [0, 0.05) is 27.9 Å². The van der Waals surface area contributed by atoms with E-state index in [2.05, 4.69) is 118 Å². The SMILES string of the molecule is CCC(Br)(Br)c1c(Br)c(Br)c(Br)c(Br)c1Br. The van der Waals surface area contributed by atoms with Crippen LogP contribution >= 0.6 is 112 Å². The third-order valence-electron chi connectivity index (χ3n) is 2.02. The van der Waals surface area contributed by atoms with Crippen molar-refractivity contribution in [2.45, 2.75) is 16.6 Å². The molecule has 0 radical (unpaired) electrons. The monoisotopic (exact) mass is 665 g/mol. The molecule has 0 aliphatic carbocycles. The molecule has 16 heavy (non-hydrogen) atoms. The van der Waals surface area contributed by atoms with Gasteiger partial charge >= 0.3 is 0 Å². The van der Waals surface area contributed by atoms with Crippen molar-refractivity contribution in [3.63, 3.8) is 0 Å². The second kappa shape index (κ2) is 6.35. The molecule has 0 amide bonds. The Hall–Kier alpha value is 2.58. The van der Waals surface area contributed by atoms with E-state index in [1.807, 2.05) is 0 Å². The van der Waals surface area contributed by atoms with Gasteiger partial charge in [-0.25, -0.2) is 0 Å². The van der Waals surface area contributed by atoms with Crippen LogP contribution in [0.25, 0.3) is 0 Å². The Bertz CT molecular complexity index is 395. The number of hydrogen-bond acceptors (Lipinski definition) is 0. The molecule has 7 heteroatoms. The largest absolute Gasteiger partial charge is 0.107 e. The molecule has 0 aliphatic rings. The highest BCUT2D eigenvalue weighted by Crippen LogP contribution is 2.53. The van der Waals surface area contributed by atoms with Gasteiger partial charge in [0.15, 0.2) is 0 Å². The van der Waals surface area contributed by atoms with E-state index in [1.165, 1.54) is 0 Å². The van der Waals surface area contributed by atoms with Crippen LogP contribution in [0.5, 0.6) is 0 Å². The number of halogens is 7. The van der Waals surface area contributed by atoms with E-state index in [0.29, 0.717) is 0 Å². The third kappa shape index (κ3) is 3.18. The Morgan fingerprint density at radius 2 is 1.06 bits per heavy atom. The van der Waals surface area contributed by atoms with Gasteiger partial charge in [0.2, 0.25) is 0 Å². The maximum atomic E-state index is 3.68. The standard InChI is InChI=1S/C9H5Br7/c1-2-9(15,16)3-4(10)6(12)8(14)7(13)5(3)11/h2H2,1H3. The third-order valence-corrected chi connectivity index (χ3v) is 10.0. The summed E-state index contributed by atoms with van der Waals surface area (Å²) in [6.45, 7) is 2.10. The van der Waals surface area contributed by atoms with Gasteiger partial charge in [-0.05, 0) is 86.1 Å². The van der Waals surface area contributed by atoms with Gasteiger partial charge in [-0.2, -0.15) is 0 Å². The zero-order chi connectivity index (χ0) is 12.7.